The Balaban J connectivity index is 1.60. The van der Waals surface area contributed by atoms with E-state index in [4.69, 9.17) is 18.8 Å². The van der Waals surface area contributed by atoms with E-state index in [0.717, 1.165) is 73.1 Å². The number of aliphatic imine (C=N–C) groups is 1. The van der Waals surface area contributed by atoms with Crippen LogP contribution in [0, 0.1) is 20.8 Å². The number of hydrogen-bond donors (Lipinski definition) is 2. The largest absolute Gasteiger partial charge is 0.496 e. The number of benzene rings is 2. The van der Waals surface area contributed by atoms with E-state index in [9.17, 15) is 0 Å². The van der Waals surface area contributed by atoms with Crippen LogP contribution in [-0.4, -0.2) is 34.3 Å². The van der Waals surface area contributed by atoms with Crippen molar-refractivity contribution in [1.29, 1.82) is 0 Å². The van der Waals surface area contributed by atoms with E-state index in [-0.39, 0.29) is 6.17 Å². The Bertz CT molecular complexity index is 1590. The molecule has 0 aliphatic carbocycles. The van der Waals surface area contributed by atoms with E-state index < -0.39 is 0 Å². The summed E-state index contributed by atoms with van der Waals surface area (Å²) >= 11 is 0. The van der Waals surface area contributed by atoms with Crippen LogP contribution in [0.15, 0.2) is 56.5 Å². The Morgan fingerprint density at radius 2 is 1.66 bits per heavy atom. The van der Waals surface area contributed by atoms with Gasteiger partial charge in [-0.1, -0.05) is 40.6 Å². The molecule has 0 fully saturated rings. The molecule has 1 unspecified atom stereocenters. The third-order valence-corrected chi connectivity index (χ3v) is 6.47. The molecule has 0 saturated carbocycles. The number of H-pyrrole nitrogens is 1. The smallest absolute Gasteiger partial charge is 0.176 e. The lowest BCUT2D eigenvalue weighted by Gasteiger charge is -2.21. The molecule has 8 heteroatoms. The maximum Gasteiger partial charge on any atom is 0.176 e. The highest BCUT2D eigenvalue weighted by molar-refractivity contribution is 6.26. The van der Waals surface area contributed by atoms with Gasteiger partial charge in [-0.15, -0.1) is 0 Å². The summed E-state index contributed by atoms with van der Waals surface area (Å²) in [5.74, 6) is 3.08. The van der Waals surface area contributed by atoms with Crippen LogP contribution in [0.25, 0.3) is 33.4 Å². The van der Waals surface area contributed by atoms with Gasteiger partial charge in [0.2, 0.25) is 0 Å². The number of rotatable bonds is 4. The van der Waals surface area contributed by atoms with E-state index in [1.54, 1.807) is 7.11 Å². The third-order valence-electron chi connectivity index (χ3n) is 6.47. The predicted octanol–water partition coefficient (Wildman–Crippen LogP) is 6.02. The van der Waals surface area contributed by atoms with Gasteiger partial charge in [-0.2, -0.15) is 0 Å². The molecule has 1 atom stereocenters. The minimum absolute atomic E-state index is 0.132. The quantitative estimate of drug-likeness (QED) is 0.335. The summed E-state index contributed by atoms with van der Waals surface area (Å²) in [4.78, 5) is 8.57. The van der Waals surface area contributed by atoms with Gasteiger partial charge in [0.25, 0.3) is 0 Å². The normalized spacial score (nSPS) is 15.1. The van der Waals surface area contributed by atoms with Gasteiger partial charge in [0, 0.05) is 22.0 Å². The van der Waals surface area contributed by atoms with Gasteiger partial charge in [0.05, 0.1) is 40.9 Å². The second-order valence-electron chi connectivity index (χ2n) is 8.81. The van der Waals surface area contributed by atoms with E-state index in [2.05, 4.69) is 26.7 Å². The van der Waals surface area contributed by atoms with Crippen LogP contribution in [0.5, 0.6) is 5.75 Å². The molecule has 0 spiro atoms. The molecular weight excluding hydrogens is 442 g/mol. The zero-order valence-electron chi connectivity index (χ0n) is 20.2. The highest BCUT2D eigenvalue weighted by atomic mass is 16.5. The van der Waals surface area contributed by atoms with E-state index >= 15 is 0 Å². The van der Waals surface area contributed by atoms with Crippen LogP contribution in [-0.2, 0) is 0 Å². The number of nitrogens with one attached hydrogen (secondary N) is 2. The van der Waals surface area contributed by atoms with Gasteiger partial charge in [0.15, 0.2) is 5.76 Å². The number of anilines is 1. The Labute approximate surface area is 202 Å². The van der Waals surface area contributed by atoms with Crippen LogP contribution >= 0.6 is 0 Å². The molecule has 0 bridgehead atoms. The molecule has 5 aromatic rings. The van der Waals surface area contributed by atoms with E-state index in [1.807, 2.05) is 64.1 Å². The van der Waals surface area contributed by atoms with Crippen LogP contribution < -0.4 is 10.1 Å². The number of nitrogens with zero attached hydrogens (tertiary/aromatic N) is 3. The molecule has 2 N–H and O–H groups in total. The van der Waals surface area contributed by atoms with Crippen LogP contribution in [0.4, 0.5) is 5.82 Å². The topological polar surface area (TPSA) is 101 Å². The highest BCUT2D eigenvalue weighted by Crippen LogP contribution is 2.42. The number of methoxy groups -OCH3 is 1. The maximum absolute atomic E-state index is 5.84. The second-order valence-corrected chi connectivity index (χ2v) is 8.81. The molecule has 0 radical (unpaired) electrons. The first-order valence-electron chi connectivity index (χ1n) is 11.5. The van der Waals surface area contributed by atoms with Crippen molar-refractivity contribution in [2.24, 2.45) is 4.99 Å². The fourth-order valence-electron chi connectivity index (χ4n) is 4.93. The van der Waals surface area contributed by atoms with Gasteiger partial charge >= 0.3 is 0 Å². The van der Waals surface area contributed by atoms with Crippen molar-refractivity contribution >= 4 is 22.4 Å². The summed E-state index contributed by atoms with van der Waals surface area (Å²) in [6.45, 7) is 7.82. The first-order chi connectivity index (χ1) is 17.0. The number of aromatic nitrogens is 3. The molecule has 35 heavy (non-hydrogen) atoms. The molecule has 6 rings (SSSR count). The molecule has 1 aliphatic rings. The lowest BCUT2D eigenvalue weighted by atomic mass is 9.94. The number of aromatic amines is 1. The van der Waals surface area contributed by atoms with Gasteiger partial charge in [-0.25, -0.2) is 0 Å². The SMILES string of the molecule is COc1cc2c3c([nH]c2cc1-c1c(C)noc1C)NC(C)N=C3c1c(C)noc1-c1ccccc1. The summed E-state index contributed by atoms with van der Waals surface area (Å²) in [5.41, 5.74) is 8.06. The van der Waals surface area contributed by atoms with Crippen molar-refractivity contribution in [1.82, 2.24) is 15.3 Å². The molecular formula is C27H25N5O3. The van der Waals surface area contributed by atoms with Gasteiger partial charge in [-0.3, -0.25) is 4.99 Å². The highest BCUT2D eigenvalue weighted by Gasteiger charge is 2.30. The van der Waals surface area contributed by atoms with Gasteiger partial charge in [0.1, 0.15) is 23.5 Å². The fraction of sp³-hybridized carbons (Fsp3) is 0.222. The molecule has 2 aromatic carbocycles. The molecule has 176 valence electrons. The zero-order chi connectivity index (χ0) is 24.3. The summed E-state index contributed by atoms with van der Waals surface area (Å²) in [6.07, 6.45) is -0.132. The lowest BCUT2D eigenvalue weighted by Crippen LogP contribution is -2.23. The van der Waals surface area contributed by atoms with Crippen molar-refractivity contribution in [3.63, 3.8) is 0 Å². The van der Waals surface area contributed by atoms with Crippen molar-refractivity contribution in [3.8, 4) is 28.2 Å². The lowest BCUT2D eigenvalue weighted by molar-refractivity contribution is 0.393. The second kappa shape index (κ2) is 7.87. The fourth-order valence-corrected chi connectivity index (χ4v) is 4.93. The number of fused-ring (bicyclic) bond motifs is 3. The maximum atomic E-state index is 5.84. The van der Waals surface area contributed by atoms with Crippen molar-refractivity contribution in [3.05, 3.63) is 70.7 Å². The van der Waals surface area contributed by atoms with Gasteiger partial charge in [-0.05, 0) is 39.8 Å². The van der Waals surface area contributed by atoms with Crippen molar-refractivity contribution in [2.45, 2.75) is 33.9 Å². The van der Waals surface area contributed by atoms with Crippen LogP contribution in [0.3, 0.4) is 0 Å². The molecule has 8 nitrogen and oxygen atoms in total. The Kier molecular flexibility index (Phi) is 4.77. The Morgan fingerprint density at radius 3 is 2.37 bits per heavy atom. The first-order valence-corrected chi connectivity index (χ1v) is 11.5. The van der Waals surface area contributed by atoms with Crippen molar-refractivity contribution < 1.29 is 13.8 Å². The summed E-state index contributed by atoms with van der Waals surface area (Å²) in [6, 6.07) is 14.1. The first kappa shape index (κ1) is 21.2. The van der Waals surface area contributed by atoms with Crippen LogP contribution in [0.1, 0.15) is 35.2 Å². The molecule has 4 heterocycles. The Morgan fingerprint density at radius 1 is 0.914 bits per heavy atom. The molecule has 3 aromatic heterocycles. The summed E-state index contributed by atoms with van der Waals surface area (Å²) in [7, 11) is 1.68. The van der Waals surface area contributed by atoms with Gasteiger partial charge < -0.3 is 24.1 Å². The number of aryl methyl sites for hydroxylation is 3. The minimum Gasteiger partial charge on any atom is -0.496 e. The number of hydrogen-bond acceptors (Lipinski definition) is 7. The average Bonchev–Trinajstić information content (AvgIpc) is 3.52. The zero-order valence-corrected chi connectivity index (χ0v) is 20.2. The molecule has 0 saturated heterocycles. The summed E-state index contributed by atoms with van der Waals surface area (Å²) < 4.78 is 17.1. The predicted molar refractivity (Wildman–Crippen MR) is 135 cm³/mol. The minimum atomic E-state index is -0.132. The average molecular weight is 468 g/mol. The summed E-state index contributed by atoms with van der Waals surface area (Å²) in [5, 5.41) is 12.9. The molecule has 0 amide bonds. The number of ether oxygens (including phenoxy) is 1. The van der Waals surface area contributed by atoms with E-state index in [0.29, 0.717) is 5.76 Å². The van der Waals surface area contributed by atoms with Crippen LogP contribution in [0.2, 0.25) is 0 Å². The standard InChI is InChI=1S/C27H25N5O3/c1-13-22(15(3)34-31-13)19-11-20-18(12-21(19)33-5)24-25(28-16(4)29-27(24)30-20)23-14(2)32-35-26(23)17-9-7-6-8-10-17/h6-12,16,29-30H,1-5H3. The monoisotopic (exact) mass is 467 g/mol. The van der Waals surface area contributed by atoms with E-state index in [1.165, 1.54) is 0 Å². The third kappa shape index (κ3) is 3.24. The Hall–Kier alpha value is -4.33. The molecule has 1 aliphatic heterocycles. The van der Waals surface area contributed by atoms with Crippen molar-refractivity contribution in [2.75, 3.05) is 12.4 Å².